The molecule has 1 aliphatic carbocycles. The summed E-state index contributed by atoms with van der Waals surface area (Å²) in [6.07, 6.45) is 4.82. The van der Waals surface area contributed by atoms with E-state index < -0.39 is 0 Å². The van der Waals surface area contributed by atoms with Crippen LogP contribution >= 0.6 is 24.0 Å². The molecule has 32 heavy (non-hydrogen) atoms. The van der Waals surface area contributed by atoms with E-state index in [1.807, 2.05) is 18.2 Å². The number of benzene rings is 2. The van der Waals surface area contributed by atoms with Gasteiger partial charge in [-0.15, -0.1) is 24.0 Å². The summed E-state index contributed by atoms with van der Waals surface area (Å²) >= 11 is 0. The number of methoxy groups -OCH3 is 2. The quantitative estimate of drug-likeness (QED) is 0.264. The zero-order valence-corrected chi connectivity index (χ0v) is 21.3. The van der Waals surface area contributed by atoms with Gasteiger partial charge in [0.1, 0.15) is 5.82 Å². The normalized spacial score (nSPS) is 14.1. The van der Waals surface area contributed by atoms with Crippen LogP contribution in [0.2, 0.25) is 0 Å². The van der Waals surface area contributed by atoms with E-state index in [9.17, 15) is 4.39 Å². The summed E-state index contributed by atoms with van der Waals surface area (Å²) in [7, 11) is 4.94. The van der Waals surface area contributed by atoms with Crippen molar-refractivity contribution >= 4 is 29.9 Å². The highest BCUT2D eigenvalue weighted by Crippen LogP contribution is 2.34. The van der Waals surface area contributed by atoms with Crippen LogP contribution < -0.4 is 20.1 Å². The van der Waals surface area contributed by atoms with Crippen LogP contribution in [0, 0.1) is 5.82 Å². The Labute approximate surface area is 207 Å². The van der Waals surface area contributed by atoms with E-state index in [1.165, 1.54) is 18.9 Å². The zero-order valence-electron chi connectivity index (χ0n) is 18.9. The number of halogens is 2. The minimum absolute atomic E-state index is 0. The molecule has 0 aromatic heterocycles. The van der Waals surface area contributed by atoms with E-state index in [1.54, 1.807) is 33.4 Å². The molecule has 2 aromatic carbocycles. The Morgan fingerprint density at radius 1 is 1.06 bits per heavy atom. The third-order valence-corrected chi connectivity index (χ3v) is 5.41. The maximum absolute atomic E-state index is 13.8. The van der Waals surface area contributed by atoms with Gasteiger partial charge < -0.3 is 24.8 Å². The lowest BCUT2D eigenvalue weighted by Crippen LogP contribution is -2.36. The first-order valence-electron chi connectivity index (χ1n) is 10.7. The fourth-order valence-corrected chi connectivity index (χ4v) is 3.76. The van der Waals surface area contributed by atoms with Crippen LogP contribution in [0.15, 0.2) is 41.4 Å². The van der Waals surface area contributed by atoms with Gasteiger partial charge in [-0.1, -0.05) is 18.2 Å². The second kappa shape index (κ2) is 13.5. The second-order valence-corrected chi connectivity index (χ2v) is 7.61. The topological polar surface area (TPSA) is 64.1 Å². The molecule has 176 valence electrons. The first-order chi connectivity index (χ1) is 15.1. The Hall–Kier alpha value is -2.07. The molecule has 0 aliphatic heterocycles. The average Bonchev–Trinajstić information content (AvgIpc) is 3.30. The molecule has 0 amide bonds. The van der Waals surface area contributed by atoms with Gasteiger partial charge in [-0.25, -0.2) is 4.39 Å². The van der Waals surface area contributed by atoms with Crippen molar-refractivity contribution < 1.29 is 18.6 Å². The zero-order chi connectivity index (χ0) is 22.1. The number of aliphatic imine (C=N–C) groups is 1. The van der Waals surface area contributed by atoms with Crippen molar-refractivity contribution in [1.29, 1.82) is 0 Å². The number of para-hydroxylation sites is 1. The molecule has 1 saturated carbocycles. The molecule has 0 spiro atoms. The van der Waals surface area contributed by atoms with Crippen LogP contribution in [0.25, 0.3) is 0 Å². The van der Waals surface area contributed by atoms with Gasteiger partial charge in [0.05, 0.1) is 19.8 Å². The van der Waals surface area contributed by atoms with Gasteiger partial charge in [-0.05, 0) is 49.4 Å². The summed E-state index contributed by atoms with van der Waals surface area (Å²) in [6.45, 7) is 1.30. The number of rotatable bonds is 9. The van der Waals surface area contributed by atoms with Gasteiger partial charge in [-0.3, -0.25) is 4.99 Å². The van der Waals surface area contributed by atoms with Gasteiger partial charge in [0.2, 0.25) is 0 Å². The first kappa shape index (κ1) is 26.2. The summed E-state index contributed by atoms with van der Waals surface area (Å²) in [5.74, 6) is 1.92. The van der Waals surface area contributed by atoms with Crippen molar-refractivity contribution in [3.63, 3.8) is 0 Å². The van der Waals surface area contributed by atoms with E-state index in [-0.39, 0.29) is 42.5 Å². The Bertz CT molecular complexity index is 889. The van der Waals surface area contributed by atoms with E-state index in [0.29, 0.717) is 24.6 Å². The van der Waals surface area contributed by atoms with E-state index in [2.05, 4.69) is 15.6 Å². The maximum atomic E-state index is 13.8. The molecule has 1 fully saturated rings. The van der Waals surface area contributed by atoms with Gasteiger partial charge in [0.15, 0.2) is 17.5 Å². The molecule has 8 heteroatoms. The fourth-order valence-electron chi connectivity index (χ4n) is 3.76. The molecule has 0 radical (unpaired) electrons. The lowest BCUT2D eigenvalue weighted by atomic mass is 10.1. The lowest BCUT2D eigenvalue weighted by molar-refractivity contribution is 0.181. The predicted molar refractivity (Wildman–Crippen MR) is 135 cm³/mol. The van der Waals surface area contributed by atoms with Crippen LogP contribution in [0.3, 0.4) is 0 Å². The van der Waals surface area contributed by atoms with Crippen LogP contribution in [-0.4, -0.2) is 33.3 Å². The molecule has 0 atom stereocenters. The van der Waals surface area contributed by atoms with E-state index in [0.717, 1.165) is 35.5 Å². The Kier molecular flexibility index (Phi) is 11.0. The van der Waals surface area contributed by atoms with Crippen molar-refractivity contribution in [2.45, 2.75) is 51.5 Å². The summed E-state index contributed by atoms with van der Waals surface area (Å²) in [4.78, 5) is 4.29. The highest BCUT2D eigenvalue weighted by atomic mass is 127. The number of guanidine groups is 1. The van der Waals surface area contributed by atoms with Crippen LogP contribution in [-0.2, 0) is 24.4 Å². The predicted octanol–water partition coefficient (Wildman–Crippen LogP) is 4.79. The van der Waals surface area contributed by atoms with Crippen LogP contribution in [0.1, 0.15) is 42.4 Å². The average molecular weight is 557 g/mol. The van der Waals surface area contributed by atoms with Crippen molar-refractivity contribution in [2.24, 2.45) is 4.99 Å². The highest BCUT2D eigenvalue weighted by Gasteiger charge is 2.20. The molecule has 0 unspecified atom stereocenters. The molecular weight excluding hydrogens is 524 g/mol. The monoisotopic (exact) mass is 557 g/mol. The summed E-state index contributed by atoms with van der Waals surface area (Å²) in [5.41, 5.74) is 2.50. The van der Waals surface area contributed by atoms with E-state index >= 15 is 0 Å². The Morgan fingerprint density at radius 2 is 1.81 bits per heavy atom. The number of ether oxygens (including phenoxy) is 3. The first-order valence-corrected chi connectivity index (χ1v) is 10.7. The molecule has 6 nitrogen and oxygen atoms in total. The third kappa shape index (κ3) is 7.23. The SMILES string of the molecule is CN=C(NCc1ccc(F)c(COC)c1)NCc1cccc(OC)c1OC1CCCC1.I. The summed E-state index contributed by atoms with van der Waals surface area (Å²) < 4.78 is 30.7. The molecular formula is C24H33FIN3O3. The molecule has 1 aliphatic rings. The number of hydrogen-bond acceptors (Lipinski definition) is 4. The summed E-state index contributed by atoms with van der Waals surface area (Å²) in [5, 5.41) is 6.60. The molecule has 3 rings (SSSR count). The highest BCUT2D eigenvalue weighted by molar-refractivity contribution is 14.0. The molecule has 2 N–H and O–H groups in total. The van der Waals surface area contributed by atoms with Gasteiger partial charge in [0, 0.05) is 38.4 Å². The van der Waals surface area contributed by atoms with Gasteiger partial charge in [-0.2, -0.15) is 0 Å². The number of nitrogens with zero attached hydrogens (tertiary/aromatic N) is 1. The van der Waals surface area contributed by atoms with Crippen molar-refractivity contribution in [2.75, 3.05) is 21.3 Å². The molecule has 0 saturated heterocycles. The van der Waals surface area contributed by atoms with Gasteiger partial charge in [0.25, 0.3) is 0 Å². The lowest BCUT2D eigenvalue weighted by Gasteiger charge is -2.20. The van der Waals surface area contributed by atoms with Gasteiger partial charge >= 0.3 is 0 Å². The Morgan fingerprint density at radius 3 is 2.50 bits per heavy atom. The molecule has 0 heterocycles. The van der Waals surface area contributed by atoms with Crippen molar-refractivity contribution in [1.82, 2.24) is 10.6 Å². The molecule has 0 bridgehead atoms. The maximum Gasteiger partial charge on any atom is 0.191 e. The minimum atomic E-state index is -0.263. The van der Waals surface area contributed by atoms with Crippen molar-refractivity contribution in [3.05, 3.63) is 58.9 Å². The van der Waals surface area contributed by atoms with Crippen LogP contribution in [0.4, 0.5) is 4.39 Å². The van der Waals surface area contributed by atoms with E-state index in [4.69, 9.17) is 14.2 Å². The second-order valence-electron chi connectivity index (χ2n) is 7.61. The van der Waals surface area contributed by atoms with Crippen molar-refractivity contribution in [3.8, 4) is 11.5 Å². The smallest absolute Gasteiger partial charge is 0.191 e. The number of hydrogen-bond donors (Lipinski definition) is 2. The largest absolute Gasteiger partial charge is 0.493 e. The fraction of sp³-hybridized carbons (Fsp3) is 0.458. The number of nitrogens with one attached hydrogen (secondary N) is 2. The third-order valence-electron chi connectivity index (χ3n) is 5.41. The summed E-state index contributed by atoms with van der Waals surface area (Å²) in [6, 6.07) is 10.9. The minimum Gasteiger partial charge on any atom is -0.493 e. The standard InChI is InChI=1S/C24H32FN3O3.HI/c1-26-24(27-14-17-11-12-21(25)19(13-17)16-29-2)28-15-18-7-6-10-22(30-3)23(18)31-20-8-4-5-9-20;/h6-7,10-13,20H,4-5,8-9,14-16H2,1-3H3,(H2,26,27,28);1H. The van der Waals surface area contributed by atoms with Crippen LogP contribution in [0.5, 0.6) is 11.5 Å². The molecule has 2 aromatic rings. The Balaban J connectivity index is 0.00000363.